The molecule has 2 aromatic heterocycles. The summed E-state index contributed by atoms with van der Waals surface area (Å²) in [4.78, 5) is 12.2. The van der Waals surface area contributed by atoms with Gasteiger partial charge in [-0.2, -0.15) is 0 Å². The smallest absolute Gasteiger partial charge is 0.380 e. The van der Waals surface area contributed by atoms with Crippen molar-refractivity contribution in [1.29, 1.82) is 0 Å². The van der Waals surface area contributed by atoms with Crippen molar-refractivity contribution in [2.24, 2.45) is 11.3 Å². The zero-order valence-corrected chi connectivity index (χ0v) is 15.6. The van der Waals surface area contributed by atoms with Crippen molar-refractivity contribution in [2.75, 3.05) is 13.2 Å². The topological polar surface area (TPSA) is 96.2 Å². The monoisotopic (exact) mass is 436 g/mol. The molecule has 1 spiro atoms. The molecule has 0 atom stereocenters. The average Bonchev–Trinajstić information content (AvgIpc) is 3.17. The number of rotatable bonds is 4. The molecule has 1 saturated carbocycles. The lowest BCUT2D eigenvalue weighted by molar-refractivity contribution is -0.178. The van der Waals surface area contributed by atoms with Gasteiger partial charge in [0.25, 0.3) is 0 Å². The molecule has 3 aromatic rings. The van der Waals surface area contributed by atoms with Crippen molar-refractivity contribution in [1.82, 2.24) is 20.0 Å². The molecule has 5 rings (SSSR count). The summed E-state index contributed by atoms with van der Waals surface area (Å²) in [6.45, 7) is 1.66. The molecule has 1 aliphatic carbocycles. The molecular weight excluding hydrogens is 423 g/mol. The average molecular weight is 437 g/mol. The van der Waals surface area contributed by atoms with Crippen molar-refractivity contribution in [2.45, 2.75) is 19.3 Å². The molecule has 0 N–H and O–H groups in total. The summed E-state index contributed by atoms with van der Waals surface area (Å²) in [5.41, 5.74) is 1.72. The van der Waals surface area contributed by atoms with Gasteiger partial charge in [-0.3, -0.25) is 4.52 Å². The summed E-state index contributed by atoms with van der Waals surface area (Å²) in [5, 5.41) is 11.8. The van der Waals surface area contributed by atoms with Crippen molar-refractivity contribution in [3.8, 4) is 17.2 Å². The Morgan fingerprint density at radius 2 is 2.07 bits per heavy atom. The lowest BCUT2D eigenvalue weighted by atomic mass is 9.59. The van der Waals surface area contributed by atoms with E-state index in [2.05, 4.69) is 31.4 Å². The highest BCUT2D eigenvalue weighted by Crippen LogP contribution is 2.51. The second kappa shape index (κ2) is 6.10. The van der Waals surface area contributed by atoms with Gasteiger partial charge in [-0.1, -0.05) is 10.3 Å². The third-order valence-corrected chi connectivity index (χ3v) is 5.88. The van der Waals surface area contributed by atoms with Gasteiger partial charge in [0.1, 0.15) is 11.5 Å². The van der Waals surface area contributed by atoms with Crippen LogP contribution in [0.3, 0.4) is 0 Å². The first-order valence-electron chi connectivity index (χ1n) is 8.48. The van der Waals surface area contributed by atoms with Gasteiger partial charge in [-0.15, -0.1) is 0 Å². The van der Waals surface area contributed by atoms with Gasteiger partial charge in [0.05, 0.1) is 23.4 Å². The maximum Gasteiger partial charge on any atom is 0.446 e. The Kier molecular flexibility index (Phi) is 3.80. The molecule has 3 heterocycles. The van der Waals surface area contributed by atoms with Gasteiger partial charge in [-0.05, 0) is 64.5 Å². The second-order valence-electron chi connectivity index (χ2n) is 7.24. The van der Waals surface area contributed by atoms with Crippen LogP contribution < -0.4 is 5.76 Å². The van der Waals surface area contributed by atoms with Gasteiger partial charge in [0.2, 0.25) is 5.82 Å². The standard InChI is InChI=1S/C17H14BrFN4O4/c18-11-4-10(1-2-12(11)19)23-15(22-26-16(23)24)14-13(20-27-21-14)3-9-5-17(6-9)7-25-8-17/h1-2,4,9H,3,5-8H2. The SMILES string of the molecule is O=c1onc(-c2nonc2CC2CC3(COC3)C2)n1-c1ccc(F)c(Br)c1. The van der Waals surface area contributed by atoms with Crippen molar-refractivity contribution >= 4 is 15.9 Å². The summed E-state index contributed by atoms with van der Waals surface area (Å²) in [5.74, 6) is -0.499. The quantitative estimate of drug-likeness (QED) is 0.619. The summed E-state index contributed by atoms with van der Waals surface area (Å²) in [7, 11) is 0. The van der Waals surface area contributed by atoms with E-state index in [1.165, 1.54) is 22.8 Å². The molecule has 0 amide bonds. The molecule has 0 radical (unpaired) electrons. The van der Waals surface area contributed by atoms with Crippen LogP contribution in [0.1, 0.15) is 18.5 Å². The van der Waals surface area contributed by atoms with Crippen LogP contribution in [-0.4, -0.2) is 33.3 Å². The minimum Gasteiger partial charge on any atom is -0.380 e. The Labute approximate surface area is 160 Å². The molecule has 10 heteroatoms. The maximum absolute atomic E-state index is 13.5. The van der Waals surface area contributed by atoms with E-state index in [0.717, 1.165) is 26.1 Å². The first kappa shape index (κ1) is 16.8. The Hall–Kier alpha value is -2.33. The zero-order valence-electron chi connectivity index (χ0n) is 14.0. The van der Waals surface area contributed by atoms with Crippen LogP contribution in [0.5, 0.6) is 0 Å². The van der Waals surface area contributed by atoms with Crippen molar-refractivity contribution in [3.05, 3.63) is 44.7 Å². The number of nitrogens with zero attached hydrogens (tertiary/aromatic N) is 4. The van der Waals surface area contributed by atoms with Crippen LogP contribution in [-0.2, 0) is 11.2 Å². The first-order valence-corrected chi connectivity index (χ1v) is 9.28. The summed E-state index contributed by atoms with van der Waals surface area (Å²) in [6, 6.07) is 4.18. The lowest BCUT2D eigenvalue weighted by Crippen LogP contribution is -2.52. The van der Waals surface area contributed by atoms with E-state index in [-0.39, 0.29) is 10.3 Å². The Bertz CT molecular complexity index is 1060. The van der Waals surface area contributed by atoms with E-state index < -0.39 is 11.6 Å². The van der Waals surface area contributed by atoms with Crippen molar-refractivity contribution in [3.63, 3.8) is 0 Å². The van der Waals surface area contributed by atoms with E-state index in [9.17, 15) is 9.18 Å². The largest absolute Gasteiger partial charge is 0.446 e. The number of hydrogen-bond donors (Lipinski definition) is 0. The van der Waals surface area contributed by atoms with Crippen LogP contribution >= 0.6 is 15.9 Å². The number of ether oxygens (including phenoxy) is 1. The normalized spacial score (nSPS) is 18.4. The third-order valence-electron chi connectivity index (χ3n) is 5.28. The minimum absolute atomic E-state index is 0.177. The maximum atomic E-state index is 13.5. The molecule has 8 nitrogen and oxygen atoms in total. The van der Waals surface area contributed by atoms with Gasteiger partial charge < -0.3 is 4.74 Å². The van der Waals surface area contributed by atoms with E-state index in [1.54, 1.807) is 0 Å². The van der Waals surface area contributed by atoms with Crippen LogP contribution in [0.4, 0.5) is 4.39 Å². The third kappa shape index (κ3) is 2.74. The molecule has 2 fully saturated rings. The Balaban J connectivity index is 1.47. The summed E-state index contributed by atoms with van der Waals surface area (Å²) in [6.07, 6.45) is 2.83. The number of aromatic nitrogens is 4. The molecule has 0 unspecified atom stereocenters. The van der Waals surface area contributed by atoms with E-state index in [4.69, 9.17) is 13.9 Å². The predicted octanol–water partition coefficient (Wildman–Crippen LogP) is 2.75. The summed E-state index contributed by atoms with van der Waals surface area (Å²) < 4.78 is 30.0. The van der Waals surface area contributed by atoms with Gasteiger partial charge >= 0.3 is 5.76 Å². The zero-order chi connectivity index (χ0) is 18.6. The molecule has 1 aliphatic heterocycles. The summed E-state index contributed by atoms with van der Waals surface area (Å²) >= 11 is 3.12. The van der Waals surface area contributed by atoms with Crippen molar-refractivity contribution < 1.29 is 18.3 Å². The minimum atomic E-state index is -0.702. The van der Waals surface area contributed by atoms with Crippen LogP contribution in [0, 0.1) is 17.2 Å². The Morgan fingerprint density at radius 1 is 1.26 bits per heavy atom. The van der Waals surface area contributed by atoms with E-state index >= 15 is 0 Å². The second-order valence-corrected chi connectivity index (χ2v) is 8.09. The van der Waals surface area contributed by atoms with Gasteiger partial charge in [-0.25, -0.2) is 18.4 Å². The molecule has 27 heavy (non-hydrogen) atoms. The molecule has 2 aliphatic rings. The number of benzene rings is 1. The fraction of sp³-hybridized carbons (Fsp3) is 0.412. The lowest BCUT2D eigenvalue weighted by Gasteiger charge is -2.53. The highest BCUT2D eigenvalue weighted by atomic mass is 79.9. The molecule has 1 saturated heterocycles. The highest BCUT2D eigenvalue weighted by Gasteiger charge is 2.49. The predicted molar refractivity (Wildman–Crippen MR) is 92.7 cm³/mol. The molecule has 1 aromatic carbocycles. The fourth-order valence-corrected chi connectivity index (χ4v) is 4.34. The Morgan fingerprint density at radius 3 is 2.78 bits per heavy atom. The molecule has 0 bridgehead atoms. The highest BCUT2D eigenvalue weighted by molar-refractivity contribution is 9.10. The van der Waals surface area contributed by atoms with Crippen LogP contribution in [0.25, 0.3) is 17.2 Å². The number of halogens is 2. The fourth-order valence-electron chi connectivity index (χ4n) is 3.97. The van der Waals surface area contributed by atoms with E-state index in [1.807, 2.05) is 0 Å². The van der Waals surface area contributed by atoms with Gasteiger partial charge in [0, 0.05) is 5.41 Å². The van der Waals surface area contributed by atoms with Crippen LogP contribution in [0.2, 0.25) is 0 Å². The molecular formula is C17H14BrFN4O4. The molecule has 140 valence electrons. The number of hydrogen-bond acceptors (Lipinski definition) is 7. The van der Waals surface area contributed by atoms with E-state index in [0.29, 0.717) is 34.8 Å². The van der Waals surface area contributed by atoms with Gasteiger partial charge in [0.15, 0.2) is 5.69 Å². The van der Waals surface area contributed by atoms with Crippen LogP contribution in [0.15, 0.2) is 36.6 Å². The first-order chi connectivity index (χ1) is 13.0.